The predicted octanol–water partition coefficient (Wildman–Crippen LogP) is 3.02. The van der Waals surface area contributed by atoms with Crippen LogP contribution in [0.4, 0.5) is 0 Å². The van der Waals surface area contributed by atoms with Gasteiger partial charge in [-0.15, -0.1) is 0 Å². The van der Waals surface area contributed by atoms with Crippen LogP contribution in [-0.4, -0.2) is 55.5 Å². The number of methoxy groups -OCH3 is 1. The number of hydrogen-bond acceptors (Lipinski definition) is 7. The largest absolute Gasteiger partial charge is 0.419 e. The van der Waals surface area contributed by atoms with Gasteiger partial charge in [0.2, 0.25) is 0 Å². The summed E-state index contributed by atoms with van der Waals surface area (Å²) in [6, 6.07) is 14.9. The van der Waals surface area contributed by atoms with Gasteiger partial charge in [0.1, 0.15) is 12.1 Å². The maximum atomic E-state index is 12.7. The smallest absolute Gasteiger partial charge is 0.408 e. The highest BCUT2D eigenvalue weighted by molar-refractivity contribution is 5.82. The topological polar surface area (TPSA) is 119 Å². The summed E-state index contributed by atoms with van der Waals surface area (Å²) in [5.41, 5.74) is 4.11. The zero-order valence-electron chi connectivity index (χ0n) is 21.2. The van der Waals surface area contributed by atoms with E-state index in [-0.39, 0.29) is 13.4 Å². The Bertz CT molecular complexity index is 1250. The van der Waals surface area contributed by atoms with Gasteiger partial charge in [0.15, 0.2) is 5.58 Å². The third-order valence-electron chi connectivity index (χ3n) is 6.07. The number of nitriles is 1. The van der Waals surface area contributed by atoms with E-state index in [2.05, 4.69) is 16.7 Å². The van der Waals surface area contributed by atoms with Crippen LogP contribution in [0.1, 0.15) is 27.3 Å². The number of amides is 1. The Morgan fingerprint density at radius 2 is 2.00 bits per heavy atom. The number of nitrogens with one attached hydrogen (secondary N) is 2. The van der Waals surface area contributed by atoms with E-state index in [4.69, 9.17) is 13.9 Å². The molecule has 9 heteroatoms. The van der Waals surface area contributed by atoms with Crippen molar-refractivity contribution in [1.82, 2.24) is 15.2 Å². The summed E-state index contributed by atoms with van der Waals surface area (Å²) >= 11 is 0. The Labute approximate surface area is 212 Å². The van der Waals surface area contributed by atoms with Gasteiger partial charge in [-0.05, 0) is 41.8 Å². The first-order valence-corrected chi connectivity index (χ1v) is 12.2. The number of carbonyl (C=O) groups is 1. The molecule has 0 aliphatic carbocycles. The second-order valence-electron chi connectivity index (χ2n) is 8.37. The van der Waals surface area contributed by atoms with Crippen LogP contribution >= 0.6 is 0 Å². The molecule has 3 atom stereocenters. The molecule has 0 radical (unpaired) electrons. The number of rotatable bonds is 6. The van der Waals surface area contributed by atoms with Crippen molar-refractivity contribution in [1.29, 1.82) is 5.26 Å². The van der Waals surface area contributed by atoms with Crippen LogP contribution in [0, 0.1) is 11.3 Å². The summed E-state index contributed by atoms with van der Waals surface area (Å²) in [6.07, 6.45) is 0.450. The molecule has 0 bridgehead atoms. The van der Waals surface area contributed by atoms with Gasteiger partial charge in [0.25, 0.3) is 5.91 Å². The average molecular weight is 497 g/mol. The van der Waals surface area contributed by atoms with Crippen LogP contribution in [0.3, 0.4) is 0 Å². The second kappa shape index (κ2) is 13.0. The molecule has 4 rings (SSSR count). The molecule has 1 aliphatic heterocycles. The molecule has 1 fully saturated rings. The van der Waals surface area contributed by atoms with Gasteiger partial charge in [0.05, 0.1) is 24.3 Å². The van der Waals surface area contributed by atoms with E-state index < -0.39 is 17.9 Å². The number of carbonyl (C=O) groups excluding carboxylic acids is 1. The van der Waals surface area contributed by atoms with E-state index in [1.54, 1.807) is 20.2 Å². The minimum atomic E-state index is -0.678. The normalized spacial score (nSPS) is 18.8. The van der Waals surface area contributed by atoms with Crippen molar-refractivity contribution in [3.8, 4) is 17.2 Å². The third kappa shape index (κ3) is 6.61. The number of aromatic nitrogens is 1. The molecule has 1 aromatic heterocycles. The monoisotopic (exact) mass is 496 g/mol. The standard InChI is InChI=1S/C25H28N4O5.C2H6.H2/c1-29-21-12-18(7-8-22(21)34-25(29)31)17-5-3-16(4-6-17)11-19(13-26)28-24(30)23-14-27-10-9-20(32-2)15-33-23;1-2;/h3-8,12,19-20,23,27H,9-11,14-15H2,1-2H3,(H,28,30);1-2H3;1H/t19-,20+,23-;;/m0../s1. The molecule has 36 heavy (non-hydrogen) atoms. The van der Waals surface area contributed by atoms with E-state index in [1.165, 1.54) is 4.57 Å². The Morgan fingerprint density at radius 3 is 2.69 bits per heavy atom. The molecule has 3 aromatic rings. The van der Waals surface area contributed by atoms with Gasteiger partial charge in [-0.2, -0.15) is 5.26 Å². The average Bonchev–Trinajstić information content (AvgIpc) is 3.18. The van der Waals surface area contributed by atoms with Crippen LogP contribution in [0.15, 0.2) is 51.7 Å². The van der Waals surface area contributed by atoms with Crippen molar-refractivity contribution in [2.24, 2.45) is 7.05 Å². The zero-order valence-corrected chi connectivity index (χ0v) is 21.2. The minimum absolute atomic E-state index is 0. The molecule has 0 unspecified atom stereocenters. The molecule has 2 N–H and O–H groups in total. The highest BCUT2D eigenvalue weighted by Crippen LogP contribution is 2.24. The lowest BCUT2D eigenvalue weighted by molar-refractivity contribution is -0.136. The first-order chi connectivity index (χ1) is 17.5. The molecule has 9 nitrogen and oxygen atoms in total. The summed E-state index contributed by atoms with van der Waals surface area (Å²) in [5.74, 6) is -0.711. The Balaban J connectivity index is 0.00000157. The number of aryl methyl sites for hydroxylation is 1. The fourth-order valence-electron chi connectivity index (χ4n) is 3.99. The van der Waals surface area contributed by atoms with Crippen molar-refractivity contribution < 1.29 is 20.1 Å². The summed E-state index contributed by atoms with van der Waals surface area (Å²) in [4.78, 5) is 24.4. The number of oxazole rings is 1. The van der Waals surface area contributed by atoms with Crippen LogP contribution in [0.2, 0.25) is 0 Å². The Kier molecular flexibility index (Phi) is 9.82. The quantitative estimate of drug-likeness (QED) is 0.538. The first-order valence-electron chi connectivity index (χ1n) is 12.2. The fourth-order valence-corrected chi connectivity index (χ4v) is 3.99. The highest BCUT2D eigenvalue weighted by Gasteiger charge is 2.25. The van der Waals surface area contributed by atoms with Crippen molar-refractivity contribution >= 4 is 17.0 Å². The minimum Gasteiger partial charge on any atom is -0.408 e. The third-order valence-corrected chi connectivity index (χ3v) is 6.07. The molecule has 1 saturated heterocycles. The van der Waals surface area contributed by atoms with E-state index in [0.717, 1.165) is 35.2 Å². The molecule has 2 heterocycles. The van der Waals surface area contributed by atoms with Gasteiger partial charge >= 0.3 is 5.76 Å². The van der Waals surface area contributed by atoms with Crippen molar-refractivity contribution in [3.05, 3.63) is 58.6 Å². The zero-order chi connectivity index (χ0) is 26.1. The molecular weight excluding hydrogens is 460 g/mol. The van der Waals surface area contributed by atoms with Gasteiger partial charge in [-0.1, -0.05) is 44.2 Å². The summed E-state index contributed by atoms with van der Waals surface area (Å²) in [6.45, 7) is 5.47. The van der Waals surface area contributed by atoms with Gasteiger partial charge in [0, 0.05) is 28.5 Å². The van der Waals surface area contributed by atoms with Crippen LogP contribution < -0.4 is 16.4 Å². The van der Waals surface area contributed by atoms with Crippen molar-refractivity contribution in [2.45, 2.75) is 44.9 Å². The molecule has 194 valence electrons. The second-order valence-corrected chi connectivity index (χ2v) is 8.37. The summed E-state index contributed by atoms with van der Waals surface area (Å²) in [5, 5.41) is 15.6. The molecule has 0 saturated carbocycles. The predicted molar refractivity (Wildman–Crippen MR) is 140 cm³/mol. The lowest BCUT2D eigenvalue weighted by atomic mass is 10.0. The van der Waals surface area contributed by atoms with E-state index in [9.17, 15) is 14.9 Å². The van der Waals surface area contributed by atoms with Gasteiger partial charge in [-0.25, -0.2) is 4.79 Å². The lowest BCUT2D eigenvalue weighted by Crippen LogP contribution is -2.49. The van der Waals surface area contributed by atoms with E-state index in [1.807, 2.05) is 50.2 Å². The number of ether oxygens (including phenoxy) is 2. The maximum absolute atomic E-state index is 12.7. The van der Waals surface area contributed by atoms with Crippen molar-refractivity contribution in [2.75, 3.05) is 26.8 Å². The summed E-state index contributed by atoms with van der Waals surface area (Å²) < 4.78 is 17.7. The number of benzene rings is 2. The highest BCUT2D eigenvalue weighted by atomic mass is 16.5. The maximum Gasteiger partial charge on any atom is 0.419 e. The molecule has 0 spiro atoms. The van der Waals surface area contributed by atoms with Crippen molar-refractivity contribution in [3.63, 3.8) is 0 Å². The Morgan fingerprint density at radius 1 is 1.28 bits per heavy atom. The number of hydrogen-bond donors (Lipinski definition) is 2. The van der Waals surface area contributed by atoms with Gasteiger partial charge in [-0.3, -0.25) is 9.36 Å². The van der Waals surface area contributed by atoms with E-state index >= 15 is 0 Å². The lowest BCUT2D eigenvalue weighted by Gasteiger charge is -2.25. The van der Waals surface area contributed by atoms with E-state index in [0.29, 0.717) is 25.2 Å². The summed E-state index contributed by atoms with van der Waals surface area (Å²) in [7, 11) is 3.30. The Hall–Kier alpha value is -3.45. The number of nitrogens with zero attached hydrogens (tertiary/aromatic N) is 2. The number of fused-ring (bicyclic) bond motifs is 1. The molecule has 2 aromatic carbocycles. The SMILES string of the molecule is CC.CO[C@@H]1CCNC[C@@H](C(=O)N[C@H](C#N)Cc2ccc(-c3ccc4oc(=O)n(C)c4c3)cc2)OC1.[HH]. The fraction of sp³-hybridized carbons (Fsp3) is 0.444. The molecule has 1 aliphatic rings. The molecule has 1 amide bonds. The van der Waals surface area contributed by atoms with Crippen LogP contribution in [0.5, 0.6) is 0 Å². The van der Waals surface area contributed by atoms with Crippen LogP contribution in [0.25, 0.3) is 22.2 Å². The van der Waals surface area contributed by atoms with Crippen LogP contribution in [-0.2, 0) is 27.7 Å². The van der Waals surface area contributed by atoms with Gasteiger partial charge < -0.3 is 24.5 Å². The first kappa shape index (κ1) is 27.1. The molecular formula is C27H36N4O5.